The number of aliphatic hydroxyl groups is 8. The molecule has 18 heteroatoms. The molecule has 298 valence electrons. The molecule has 2 unspecified atom stereocenters. The molecule has 0 spiro atoms. The van der Waals surface area contributed by atoms with Gasteiger partial charge in [0.2, 0.25) is 0 Å². The Morgan fingerprint density at radius 3 is 1.29 bits per heavy atom. The van der Waals surface area contributed by atoms with Crippen LogP contribution < -0.4 is 34.5 Å². The van der Waals surface area contributed by atoms with Crippen LogP contribution in [-0.2, 0) is 32.6 Å². The van der Waals surface area contributed by atoms with Crippen LogP contribution in [0.25, 0.3) is 0 Å². The van der Waals surface area contributed by atoms with E-state index < -0.39 is 102 Å². The molecule has 0 aromatic carbocycles. The Hall–Kier alpha value is 0.630. The van der Waals surface area contributed by atoms with Gasteiger partial charge in [0.05, 0.1) is 33.0 Å². The van der Waals surface area contributed by atoms with Crippen LogP contribution in [0.15, 0.2) is 0 Å². The summed E-state index contributed by atoms with van der Waals surface area (Å²) in [4.78, 5) is 12.7. The van der Waals surface area contributed by atoms with Gasteiger partial charge in [-0.1, -0.05) is 103 Å². The van der Waals surface area contributed by atoms with E-state index in [0.29, 0.717) is 6.42 Å². The van der Waals surface area contributed by atoms with Gasteiger partial charge < -0.3 is 73.7 Å². The van der Waals surface area contributed by atoms with Gasteiger partial charge >= 0.3 is 29.6 Å². The van der Waals surface area contributed by atoms with E-state index in [-0.39, 0.29) is 36.2 Å². The summed E-state index contributed by atoms with van der Waals surface area (Å²) in [6, 6.07) is 0. The maximum absolute atomic E-state index is 12.7. The summed E-state index contributed by atoms with van der Waals surface area (Å²) in [5.41, 5.74) is 0. The molecular weight excluding hydrogens is 706 g/mol. The zero-order valence-corrected chi connectivity index (χ0v) is 33.4. The van der Waals surface area contributed by atoms with Crippen LogP contribution in [0, 0.1) is 0 Å². The van der Waals surface area contributed by atoms with Gasteiger partial charge in [-0.15, -0.1) is 0 Å². The number of rotatable bonds is 28. The molecule has 0 amide bonds. The summed E-state index contributed by atoms with van der Waals surface area (Å²) in [7, 11) is -4.96. The number of phosphoric acid groups is 1. The van der Waals surface area contributed by atoms with Crippen LogP contribution in [-0.4, -0.2) is 141 Å². The molecule has 0 aromatic rings. The molecule has 2 aliphatic rings. The van der Waals surface area contributed by atoms with E-state index in [1.165, 1.54) is 70.6 Å². The molecule has 0 aliphatic carbocycles. The van der Waals surface area contributed by atoms with Crippen LogP contribution >= 0.6 is 7.82 Å². The van der Waals surface area contributed by atoms with Crippen LogP contribution in [0.4, 0.5) is 0 Å². The number of hydrogen-bond donors (Lipinski definition) is 8. The van der Waals surface area contributed by atoms with E-state index in [1.54, 1.807) is 0 Å². The first-order chi connectivity index (χ1) is 23.9. The van der Waals surface area contributed by atoms with Crippen LogP contribution in [0.2, 0.25) is 0 Å². The molecule has 2 fully saturated rings. The SMILES string of the molecule is CCCCCCCCCCCCCCCCCCOP(=O)([O-])OC(CO[C@H]1O[C@H](CO)[C@@H](O)[C@H](O)[C@@H]1O)CO[C@H]1O[C@H](CO)[C@@H](O)[C@@H](O)[C@@H]1O.[Na+]. The molecular formula is C33H64NaO16P. The molecule has 2 saturated heterocycles. The van der Waals surface area contributed by atoms with E-state index >= 15 is 0 Å². The molecule has 8 N–H and O–H groups in total. The Labute approximate surface area is 324 Å². The van der Waals surface area contributed by atoms with Gasteiger partial charge in [0.25, 0.3) is 7.82 Å². The Morgan fingerprint density at radius 2 is 0.941 bits per heavy atom. The largest absolute Gasteiger partial charge is 1.00 e. The average Bonchev–Trinajstić information content (AvgIpc) is 3.10. The number of unbranched alkanes of at least 4 members (excludes halogenated alkanes) is 15. The quantitative estimate of drug-likeness (QED) is 0.0238. The summed E-state index contributed by atoms with van der Waals surface area (Å²) >= 11 is 0. The van der Waals surface area contributed by atoms with E-state index in [0.717, 1.165) is 25.7 Å². The molecule has 16 nitrogen and oxygen atoms in total. The fraction of sp³-hybridized carbons (Fsp3) is 1.00. The fourth-order valence-electron chi connectivity index (χ4n) is 5.96. The molecule has 0 saturated carbocycles. The van der Waals surface area contributed by atoms with Crippen molar-refractivity contribution in [2.45, 2.75) is 177 Å². The van der Waals surface area contributed by atoms with Crippen molar-refractivity contribution in [3.63, 3.8) is 0 Å². The van der Waals surface area contributed by atoms with Gasteiger partial charge in [0.1, 0.15) is 54.9 Å². The second-order valence-electron chi connectivity index (χ2n) is 13.4. The number of phosphoric ester groups is 1. The Bertz CT molecular complexity index is 867. The van der Waals surface area contributed by atoms with Gasteiger partial charge in [0, 0.05) is 0 Å². The molecule has 0 radical (unpaired) electrons. The first kappa shape index (κ1) is 49.6. The minimum Gasteiger partial charge on any atom is -0.756 e. The first-order valence-corrected chi connectivity index (χ1v) is 19.9. The summed E-state index contributed by atoms with van der Waals surface area (Å²) in [5, 5.41) is 79.5. The van der Waals surface area contributed by atoms with E-state index in [2.05, 4.69) is 6.92 Å². The number of hydrogen-bond acceptors (Lipinski definition) is 16. The summed E-state index contributed by atoms with van der Waals surface area (Å²) < 4.78 is 44.3. The molecule has 2 heterocycles. The normalized spacial score (nSPS) is 31.6. The third-order valence-electron chi connectivity index (χ3n) is 9.12. The maximum Gasteiger partial charge on any atom is 1.00 e. The molecule has 0 bridgehead atoms. The summed E-state index contributed by atoms with van der Waals surface area (Å²) in [6.07, 6.45) is 1.05. The zero-order chi connectivity index (χ0) is 36.9. The van der Waals surface area contributed by atoms with Crippen molar-refractivity contribution in [1.29, 1.82) is 0 Å². The van der Waals surface area contributed by atoms with Gasteiger partial charge in [-0.05, 0) is 6.42 Å². The second kappa shape index (κ2) is 28.1. The Morgan fingerprint density at radius 1 is 0.588 bits per heavy atom. The van der Waals surface area contributed by atoms with Crippen molar-refractivity contribution in [2.75, 3.05) is 33.0 Å². The minimum absolute atomic E-state index is 0. The standard InChI is InChI=1S/C33H65O16P.Na/c1-2-3-4-5-6-7-8-9-10-11-12-13-14-15-16-17-18-46-50(42,43)49-23(21-44-32-30(40)28(38)26(36)24(19-34)47-32)22-45-33-31(41)29(39)27(37)25(20-35)48-33;/h23-41H,2-22H2,1H3,(H,42,43);/q;+1/p-1/t23?,24-,25-,26-,27-,28-,29+,30+,31+,32+,33+;/m1./s1. The first-order valence-electron chi connectivity index (χ1n) is 18.4. The molecule has 2 aliphatic heterocycles. The fourth-order valence-corrected chi connectivity index (χ4v) is 6.86. The summed E-state index contributed by atoms with van der Waals surface area (Å²) in [5.74, 6) is 0. The Kier molecular flexibility index (Phi) is 27.3. The molecule has 2 rings (SSSR count). The molecule has 0 aromatic heterocycles. The summed E-state index contributed by atoms with van der Waals surface area (Å²) in [6.45, 7) is -0.644. The maximum atomic E-state index is 12.7. The minimum atomic E-state index is -4.96. The third kappa shape index (κ3) is 18.9. The van der Waals surface area contributed by atoms with E-state index in [4.69, 9.17) is 28.0 Å². The topological polar surface area (TPSA) is 257 Å². The number of aliphatic hydroxyl groups excluding tert-OH is 8. The van der Waals surface area contributed by atoms with E-state index in [1.807, 2.05) is 0 Å². The molecule has 51 heavy (non-hydrogen) atoms. The van der Waals surface area contributed by atoms with Gasteiger partial charge in [0.15, 0.2) is 12.6 Å². The van der Waals surface area contributed by atoms with Gasteiger partial charge in [-0.3, -0.25) is 4.57 Å². The van der Waals surface area contributed by atoms with Crippen molar-refractivity contribution >= 4 is 7.82 Å². The number of ether oxygens (including phenoxy) is 4. The zero-order valence-electron chi connectivity index (χ0n) is 30.5. The predicted octanol–water partition coefficient (Wildman–Crippen LogP) is -2.24. The van der Waals surface area contributed by atoms with Crippen LogP contribution in [0.5, 0.6) is 0 Å². The monoisotopic (exact) mass is 770 g/mol. The van der Waals surface area contributed by atoms with Crippen molar-refractivity contribution in [3.8, 4) is 0 Å². The van der Waals surface area contributed by atoms with Crippen molar-refractivity contribution in [1.82, 2.24) is 0 Å². The van der Waals surface area contributed by atoms with Crippen LogP contribution in [0.1, 0.15) is 110 Å². The van der Waals surface area contributed by atoms with Crippen molar-refractivity contribution in [3.05, 3.63) is 0 Å². The van der Waals surface area contributed by atoms with E-state index in [9.17, 15) is 50.3 Å². The molecule has 12 atom stereocenters. The third-order valence-corrected chi connectivity index (χ3v) is 10.2. The van der Waals surface area contributed by atoms with Crippen molar-refractivity contribution < 1.29 is 108 Å². The van der Waals surface area contributed by atoms with Gasteiger partial charge in [-0.2, -0.15) is 0 Å². The second-order valence-corrected chi connectivity index (χ2v) is 14.7. The van der Waals surface area contributed by atoms with Gasteiger partial charge in [-0.25, -0.2) is 0 Å². The van der Waals surface area contributed by atoms with Crippen molar-refractivity contribution in [2.24, 2.45) is 0 Å². The Balaban J connectivity index is 0.0000130. The average molecular weight is 771 g/mol. The predicted molar refractivity (Wildman–Crippen MR) is 177 cm³/mol. The van der Waals surface area contributed by atoms with Crippen LogP contribution in [0.3, 0.4) is 0 Å². The smallest absolute Gasteiger partial charge is 0.756 e.